The Morgan fingerprint density at radius 2 is 1.77 bits per heavy atom. The lowest BCUT2D eigenvalue weighted by atomic mass is 10.2. The maximum atomic E-state index is 12.2. The van der Waals surface area contributed by atoms with Gasteiger partial charge in [0.15, 0.2) is 5.82 Å². The lowest BCUT2D eigenvalue weighted by molar-refractivity contribution is 0.0240. The van der Waals surface area contributed by atoms with Crippen molar-refractivity contribution in [2.24, 2.45) is 0 Å². The van der Waals surface area contributed by atoms with E-state index in [1.54, 1.807) is 22.0 Å². The summed E-state index contributed by atoms with van der Waals surface area (Å²) in [5.41, 5.74) is 2.37. The van der Waals surface area contributed by atoms with E-state index in [0.717, 1.165) is 40.3 Å². The van der Waals surface area contributed by atoms with Crippen molar-refractivity contribution >= 4 is 27.7 Å². The van der Waals surface area contributed by atoms with E-state index < -0.39 is 5.60 Å². The van der Waals surface area contributed by atoms with E-state index >= 15 is 0 Å². The predicted octanol–water partition coefficient (Wildman–Crippen LogP) is 4.15. The molecule has 9 heteroatoms. The van der Waals surface area contributed by atoms with Gasteiger partial charge in [-0.2, -0.15) is 5.10 Å². The topological polar surface area (TPSA) is 76.4 Å². The van der Waals surface area contributed by atoms with Crippen LogP contribution in [0.3, 0.4) is 0 Å². The number of rotatable bonds is 3. The summed E-state index contributed by atoms with van der Waals surface area (Å²) in [5.74, 6) is 0.733. The number of piperazine rings is 1. The number of carbonyl (C=O) groups excluding carboxylic acids is 1. The van der Waals surface area contributed by atoms with E-state index in [9.17, 15) is 4.79 Å². The highest BCUT2D eigenvalue weighted by Gasteiger charge is 2.26. The summed E-state index contributed by atoms with van der Waals surface area (Å²) in [6.45, 7) is 8.36. The first-order chi connectivity index (χ1) is 14.8. The maximum Gasteiger partial charge on any atom is 0.410 e. The number of ether oxygens (including phenoxy) is 1. The van der Waals surface area contributed by atoms with Gasteiger partial charge in [0.05, 0.1) is 16.4 Å². The fourth-order valence-electron chi connectivity index (χ4n) is 3.35. The van der Waals surface area contributed by atoms with Crippen LogP contribution in [0.5, 0.6) is 0 Å². The molecule has 4 heterocycles. The Bertz CT molecular complexity index is 1040. The molecule has 0 atom stereocenters. The Kier molecular flexibility index (Phi) is 5.95. The Morgan fingerprint density at radius 1 is 1.06 bits per heavy atom. The smallest absolute Gasteiger partial charge is 0.410 e. The summed E-state index contributed by atoms with van der Waals surface area (Å²) in [6, 6.07) is 7.83. The molecule has 8 nitrogen and oxygen atoms in total. The highest BCUT2D eigenvalue weighted by atomic mass is 79.9. The van der Waals surface area contributed by atoms with Gasteiger partial charge in [0, 0.05) is 50.3 Å². The van der Waals surface area contributed by atoms with Crippen molar-refractivity contribution < 1.29 is 9.53 Å². The molecule has 3 aromatic rings. The van der Waals surface area contributed by atoms with Gasteiger partial charge in [0.1, 0.15) is 11.3 Å². The van der Waals surface area contributed by atoms with Crippen molar-refractivity contribution in [1.29, 1.82) is 0 Å². The molecule has 1 saturated heterocycles. The van der Waals surface area contributed by atoms with E-state index in [4.69, 9.17) is 4.74 Å². The quantitative estimate of drug-likeness (QED) is 0.555. The summed E-state index contributed by atoms with van der Waals surface area (Å²) in [4.78, 5) is 24.9. The zero-order valence-corrected chi connectivity index (χ0v) is 19.4. The number of anilines is 1. The third kappa shape index (κ3) is 5.04. The highest BCUT2D eigenvalue weighted by molar-refractivity contribution is 9.10. The van der Waals surface area contributed by atoms with Crippen LogP contribution in [-0.4, -0.2) is 62.5 Å². The summed E-state index contributed by atoms with van der Waals surface area (Å²) in [7, 11) is 0. The highest BCUT2D eigenvalue weighted by Crippen LogP contribution is 2.27. The van der Waals surface area contributed by atoms with Gasteiger partial charge in [-0.1, -0.05) is 0 Å². The summed E-state index contributed by atoms with van der Waals surface area (Å²) < 4.78 is 8.11. The number of hydrogen-bond acceptors (Lipinski definition) is 6. The van der Waals surface area contributed by atoms with Crippen molar-refractivity contribution in [2.75, 3.05) is 31.1 Å². The van der Waals surface area contributed by atoms with Gasteiger partial charge >= 0.3 is 6.09 Å². The largest absolute Gasteiger partial charge is 0.444 e. The molecule has 1 amide bonds. The predicted molar refractivity (Wildman–Crippen MR) is 122 cm³/mol. The van der Waals surface area contributed by atoms with Crippen LogP contribution in [0.4, 0.5) is 10.5 Å². The van der Waals surface area contributed by atoms with Crippen molar-refractivity contribution in [1.82, 2.24) is 24.6 Å². The average molecular weight is 485 g/mol. The molecule has 1 aliphatic heterocycles. The average Bonchev–Trinajstić information content (AvgIpc) is 3.15. The molecule has 1 fully saturated rings. The van der Waals surface area contributed by atoms with Gasteiger partial charge in [-0.3, -0.25) is 4.98 Å². The Labute approximate surface area is 190 Å². The van der Waals surface area contributed by atoms with E-state index in [-0.39, 0.29) is 6.09 Å². The van der Waals surface area contributed by atoms with Crippen LogP contribution in [0.25, 0.3) is 17.1 Å². The van der Waals surface area contributed by atoms with Crippen LogP contribution in [0.1, 0.15) is 20.8 Å². The third-order valence-electron chi connectivity index (χ3n) is 4.89. The van der Waals surface area contributed by atoms with Gasteiger partial charge in [0.2, 0.25) is 0 Å². The van der Waals surface area contributed by atoms with Gasteiger partial charge in [-0.15, -0.1) is 0 Å². The standard InChI is InChI=1S/C22H25BrN6O2/c1-22(2,3)31-21(30)28-12-10-27(11-13-28)17-4-5-19(25-14-17)29-15-18(23)20(26-29)16-6-8-24-9-7-16/h4-9,14-15H,10-13H2,1-3H3. The number of aromatic nitrogens is 4. The molecule has 31 heavy (non-hydrogen) atoms. The number of amides is 1. The molecule has 0 aromatic carbocycles. The first-order valence-electron chi connectivity index (χ1n) is 10.1. The van der Waals surface area contributed by atoms with E-state index in [1.807, 2.05) is 57.4 Å². The zero-order chi connectivity index (χ0) is 22.0. The van der Waals surface area contributed by atoms with Crippen LogP contribution in [0, 0.1) is 0 Å². The van der Waals surface area contributed by atoms with Crippen LogP contribution in [0.2, 0.25) is 0 Å². The Balaban J connectivity index is 1.41. The molecular weight excluding hydrogens is 460 g/mol. The first kappa shape index (κ1) is 21.3. The molecule has 0 saturated carbocycles. The molecule has 0 aliphatic carbocycles. The van der Waals surface area contributed by atoms with Crippen molar-refractivity contribution in [3.8, 4) is 17.1 Å². The molecular formula is C22H25BrN6O2. The minimum absolute atomic E-state index is 0.255. The third-order valence-corrected chi connectivity index (χ3v) is 5.47. The first-order valence-corrected chi connectivity index (χ1v) is 10.9. The molecule has 162 valence electrons. The molecule has 3 aromatic heterocycles. The van der Waals surface area contributed by atoms with Crippen LogP contribution < -0.4 is 4.90 Å². The van der Waals surface area contributed by atoms with Crippen molar-refractivity contribution in [3.63, 3.8) is 0 Å². The second-order valence-corrected chi connectivity index (χ2v) is 9.19. The molecule has 1 aliphatic rings. The van der Waals surface area contributed by atoms with E-state index in [0.29, 0.717) is 13.1 Å². The lowest BCUT2D eigenvalue weighted by Crippen LogP contribution is -2.50. The van der Waals surface area contributed by atoms with Gasteiger partial charge in [-0.25, -0.2) is 14.5 Å². The maximum absolute atomic E-state index is 12.2. The number of hydrogen-bond donors (Lipinski definition) is 0. The second kappa shape index (κ2) is 8.66. The number of pyridine rings is 2. The molecule has 0 radical (unpaired) electrons. The Morgan fingerprint density at radius 3 is 2.39 bits per heavy atom. The number of halogens is 1. The molecule has 0 spiro atoms. The molecule has 4 rings (SSSR count). The Hall–Kier alpha value is -2.94. The van der Waals surface area contributed by atoms with Gasteiger partial charge < -0.3 is 14.5 Å². The fraction of sp³-hybridized carbons (Fsp3) is 0.364. The summed E-state index contributed by atoms with van der Waals surface area (Å²) >= 11 is 3.58. The molecule has 0 N–H and O–H groups in total. The van der Waals surface area contributed by atoms with Crippen molar-refractivity contribution in [2.45, 2.75) is 26.4 Å². The fourth-order valence-corrected chi connectivity index (χ4v) is 3.85. The molecule has 0 unspecified atom stereocenters. The zero-order valence-electron chi connectivity index (χ0n) is 17.8. The normalized spacial score (nSPS) is 14.6. The SMILES string of the molecule is CC(C)(C)OC(=O)N1CCN(c2ccc(-n3cc(Br)c(-c4ccncc4)n3)nc2)CC1. The van der Waals surface area contributed by atoms with Gasteiger partial charge in [-0.05, 0) is 61.0 Å². The van der Waals surface area contributed by atoms with Gasteiger partial charge in [0.25, 0.3) is 0 Å². The summed E-state index contributed by atoms with van der Waals surface area (Å²) in [6.07, 6.45) is 6.99. The van der Waals surface area contributed by atoms with Crippen LogP contribution in [-0.2, 0) is 4.74 Å². The summed E-state index contributed by atoms with van der Waals surface area (Å²) in [5, 5.41) is 4.66. The minimum Gasteiger partial charge on any atom is -0.444 e. The van der Waals surface area contributed by atoms with Crippen molar-refractivity contribution in [3.05, 3.63) is 53.5 Å². The lowest BCUT2D eigenvalue weighted by Gasteiger charge is -2.36. The number of nitrogens with zero attached hydrogens (tertiary/aromatic N) is 6. The minimum atomic E-state index is -0.479. The van der Waals surface area contributed by atoms with E-state index in [2.05, 4.69) is 35.9 Å². The van der Waals surface area contributed by atoms with E-state index in [1.165, 1.54) is 0 Å². The second-order valence-electron chi connectivity index (χ2n) is 8.34. The molecule has 0 bridgehead atoms. The van der Waals surface area contributed by atoms with Crippen LogP contribution in [0.15, 0.2) is 53.5 Å². The monoisotopic (exact) mass is 484 g/mol. The van der Waals surface area contributed by atoms with Crippen LogP contribution >= 0.6 is 15.9 Å². The number of carbonyl (C=O) groups is 1.